The van der Waals surface area contributed by atoms with E-state index in [1.807, 2.05) is 24.3 Å². The summed E-state index contributed by atoms with van der Waals surface area (Å²) in [5.74, 6) is -2.41. The van der Waals surface area contributed by atoms with Crippen LogP contribution < -0.4 is 10.6 Å². The van der Waals surface area contributed by atoms with Gasteiger partial charge in [0.25, 0.3) is 5.91 Å². The maximum absolute atomic E-state index is 14.2. The van der Waals surface area contributed by atoms with Crippen LogP contribution in [0.1, 0.15) is 50.4 Å². The van der Waals surface area contributed by atoms with Gasteiger partial charge in [-0.05, 0) is 55.5 Å². The van der Waals surface area contributed by atoms with Crippen molar-refractivity contribution >= 4 is 17.8 Å². The molecule has 0 aliphatic carbocycles. The minimum Gasteiger partial charge on any atom is -0.348 e. The highest BCUT2D eigenvalue weighted by Gasteiger charge is 2.50. The van der Waals surface area contributed by atoms with Gasteiger partial charge in [-0.3, -0.25) is 14.5 Å². The normalized spacial score (nSPS) is 19.3. The zero-order valence-corrected chi connectivity index (χ0v) is 18.5. The molecule has 2 unspecified atom stereocenters. The predicted molar refractivity (Wildman–Crippen MR) is 115 cm³/mol. The van der Waals surface area contributed by atoms with Crippen molar-refractivity contribution in [2.24, 2.45) is 5.92 Å². The summed E-state index contributed by atoms with van der Waals surface area (Å²) in [4.78, 5) is 38.5. The SMILES string of the molecule is CC(C)Cc1ccc(C(C)NC(=O)CN2C(=O)NC(C)(c3cc(F)ccc3F)C2=O)cc1. The quantitative estimate of drug-likeness (QED) is 0.639. The van der Waals surface area contributed by atoms with Gasteiger partial charge in [0.05, 0.1) is 6.04 Å². The van der Waals surface area contributed by atoms with Crippen molar-refractivity contribution in [3.8, 4) is 0 Å². The molecule has 2 aromatic carbocycles. The molecule has 8 heteroatoms. The average molecular weight is 443 g/mol. The van der Waals surface area contributed by atoms with Crippen molar-refractivity contribution in [1.82, 2.24) is 15.5 Å². The number of imide groups is 1. The largest absolute Gasteiger partial charge is 0.348 e. The zero-order chi connectivity index (χ0) is 23.6. The number of carbonyl (C=O) groups excluding carboxylic acids is 3. The molecule has 2 aromatic rings. The van der Waals surface area contributed by atoms with Crippen molar-refractivity contribution < 1.29 is 23.2 Å². The van der Waals surface area contributed by atoms with Gasteiger partial charge in [0, 0.05) is 5.56 Å². The van der Waals surface area contributed by atoms with Gasteiger partial charge in [0.15, 0.2) is 0 Å². The Morgan fingerprint density at radius 1 is 1.09 bits per heavy atom. The Balaban J connectivity index is 1.68. The molecule has 0 bridgehead atoms. The van der Waals surface area contributed by atoms with Gasteiger partial charge in [-0.1, -0.05) is 38.1 Å². The number of urea groups is 1. The highest BCUT2D eigenvalue weighted by Crippen LogP contribution is 2.31. The summed E-state index contributed by atoms with van der Waals surface area (Å²) in [5, 5.41) is 5.14. The predicted octanol–water partition coefficient (Wildman–Crippen LogP) is 3.81. The van der Waals surface area contributed by atoms with E-state index in [-0.39, 0.29) is 11.6 Å². The fourth-order valence-electron chi connectivity index (χ4n) is 3.83. The Hall–Kier alpha value is -3.29. The number of benzene rings is 2. The molecule has 0 saturated carbocycles. The Bertz CT molecular complexity index is 1040. The maximum atomic E-state index is 14.2. The summed E-state index contributed by atoms with van der Waals surface area (Å²) >= 11 is 0. The molecule has 0 spiro atoms. The van der Waals surface area contributed by atoms with Crippen LogP contribution >= 0.6 is 0 Å². The Morgan fingerprint density at radius 2 is 1.75 bits per heavy atom. The van der Waals surface area contributed by atoms with Crippen molar-refractivity contribution in [1.29, 1.82) is 0 Å². The number of nitrogens with one attached hydrogen (secondary N) is 2. The summed E-state index contributed by atoms with van der Waals surface area (Å²) in [6, 6.07) is 9.36. The van der Waals surface area contributed by atoms with Crippen LogP contribution in [0.25, 0.3) is 0 Å². The van der Waals surface area contributed by atoms with E-state index in [1.165, 1.54) is 12.5 Å². The fraction of sp³-hybridized carbons (Fsp3) is 0.375. The van der Waals surface area contributed by atoms with Crippen LogP contribution in [0.5, 0.6) is 0 Å². The van der Waals surface area contributed by atoms with E-state index in [1.54, 1.807) is 6.92 Å². The minimum absolute atomic E-state index is 0.298. The number of carbonyl (C=O) groups is 3. The van der Waals surface area contributed by atoms with E-state index in [9.17, 15) is 23.2 Å². The first-order chi connectivity index (χ1) is 15.0. The highest BCUT2D eigenvalue weighted by molar-refractivity contribution is 6.09. The molecule has 1 aliphatic heterocycles. The average Bonchev–Trinajstić information content (AvgIpc) is 2.93. The lowest BCUT2D eigenvalue weighted by atomic mass is 9.91. The van der Waals surface area contributed by atoms with E-state index >= 15 is 0 Å². The minimum atomic E-state index is -1.80. The number of amides is 4. The molecule has 3 rings (SSSR count). The summed E-state index contributed by atoms with van der Waals surface area (Å²) in [7, 11) is 0. The molecule has 170 valence electrons. The lowest BCUT2D eigenvalue weighted by molar-refractivity contribution is -0.135. The second kappa shape index (κ2) is 9.06. The Morgan fingerprint density at radius 3 is 2.38 bits per heavy atom. The Kier molecular flexibility index (Phi) is 6.62. The highest BCUT2D eigenvalue weighted by atomic mass is 19.1. The lowest BCUT2D eigenvalue weighted by Gasteiger charge is -2.23. The molecule has 0 radical (unpaired) electrons. The molecule has 1 aliphatic rings. The number of hydrogen-bond acceptors (Lipinski definition) is 3. The van der Waals surface area contributed by atoms with Crippen molar-refractivity contribution in [3.05, 3.63) is 70.8 Å². The van der Waals surface area contributed by atoms with Crippen LogP contribution in [-0.2, 0) is 21.5 Å². The molecule has 6 nitrogen and oxygen atoms in total. The molecule has 2 atom stereocenters. The topological polar surface area (TPSA) is 78.5 Å². The first-order valence-electron chi connectivity index (χ1n) is 10.5. The van der Waals surface area contributed by atoms with Gasteiger partial charge in [-0.15, -0.1) is 0 Å². The van der Waals surface area contributed by atoms with Crippen LogP contribution in [0.3, 0.4) is 0 Å². The van der Waals surface area contributed by atoms with Crippen molar-refractivity contribution in [2.45, 2.75) is 45.7 Å². The molecule has 1 fully saturated rings. The van der Waals surface area contributed by atoms with E-state index in [4.69, 9.17) is 0 Å². The number of nitrogens with zero attached hydrogens (tertiary/aromatic N) is 1. The fourth-order valence-corrected chi connectivity index (χ4v) is 3.83. The monoisotopic (exact) mass is 443 g/mol. The van der Waals surface area contributed by atoms with Crippen molar-refractivity contribution in [3.63, 3.8) is 0 Å². The number of rotatable bonds is 7. The van der Waals surface area contributed by atoms with E-state index in [0.717, 1.165) is 30.2 Å². The van der Waals surface area contributed by atoms with Crippen LogP contribution in [-0.4, -0.2) is 29.3 Å². The van der Waals surface area contributed by atoms with Crippen LogP contribution in [0, 0.1) is 17.6 Å². The van der Waals surface area contributed by atoms with Gasteiger partial charge in [-0.25, -0.2) is 13.6 Å². The molecule has 1 saturated heterocycles. The third-order valence-corrected chi connectivity index (χ3v) is 5.54. The van der Waals surface area contributed by atoms with Gasteiger partial charge in [0.1, 0.15) is 23.7 Å². The smallest absolute Gasteiger partial charge is 0.325 e. The molecule has 2 N–H and O–H groups in total. The van der Waals surface area contributed by atoms with Gasteiger partial charge in [-0.2, -0.15) is 0 Å². The number of hydrogen-bond donors (Lipinski definition) is 2. The Labute approximate surface area is 186 Å². The van der Waals surface area contributed by atoms with Crippen LogP contribution in [0.15, 0.2) is 42.5 Å². The third kappa shape index (κ3) is 4.79. The molecule has 4 amide bonds. The lowest BCUT2D eigenvalue weighted by Crippen LogP contribution is -2.44. The first-order valence-corrected chi connectivity index (χ1v) is 10.5. The summed E-state index contributed by atoms with van der Waals surface area (Å²) in [6.45, 7) is 6.82. The van der Waals surface area contributed by atoms with Crippen LogP contribution in [0.4, 0.5) is 13.6 Å². The second-order valence-corrected chi connectivity index (χ2v) is 8.70. The summed E-state index contributed by atoms with van der Waals surface area (Å²) in [5.41, 5.74) is -0.0182. The standard InChI is InChI=1S/C24H27F2N3O3/c1-14(2)11-16-5-7-17(8-6-16)15(3)27-21(30)13-29-22(31)24(4,28-23(29)32)19-12-18(25)9-10-20(19)26/h5-10,12,14-15H,11,13H2,1-4H3,(H,27,30)(H,28,32). The summed E-state index contributed by atoms with van der Waals surface area (Å²) < 4.78 is 27.9. The van der Waals surface area contributed by atoms with Crippen molar-refractivity contribution in [2.75, 3.05) is 6.54 Å². The maximum Gasteiger partial charge on any atom is 0.325 e. The molecule has 0 aromatic heterocycles. The zero-order valence-electron chi connectivity index (χ0n) is 18.5. The number of halogens is 2. The molecular weight excluding hydrogens is 416 g/mol. The van der Waals surface area contributed by atoms with Gasteiger partial charge >= 0.3 is 6.03 Å². The molecule has 1 heterocycles. The van der Waals surface area contributed by atoms with E-state index in [2.05, 4.69) is 24.5 Å². The molecule has 32 heavy (non-hydrogen) atoms. The second-order valence-electron chi connectivity index (χ2n) is 8.70. The van der Waals surface area contributed by atoms with Gasteiger partial charge in [0.2, 0.25) is 5.91 Å². The first kappa shape index (κ1) is 23.4. The third-order valence-electron chi connectivity index (χ3n) is 5.54. The van der Waals surface area contributed by atoms with E-state index in [0.29, 0.717) is 10.8 Å². The van der Waals surface area contributed by atoms with Gasteiger partial charge < -0.3 is 10.6 Å². The van der Waals surface area contributed by atoms with E-state index < -0.39 is 41.6 Å². The molecular formula is C24H27F2N3O3. The summed E-state index contributed by atoms with van der Waals surface area (Å²) in [6.07, 6.45) is 0.956. The van der Waals surface area contributed by atoms with Crippen LogP contribution in [0.2, 0.25) is 0 Å².